The van der Waals surface area contributed by atoms with Crippen molar-refractivity contribution in [3.63, 3.8) is 0 Å². The van der Waals surface area contributed by atoms with Gasteiger partial charge in [0, 0.05) is 12.0 Å². The van der Waals surface area contributed by atoms with Crippen LogP contribution in [-0.2, 0) is 6.42 Å². The van der Waals surface area contributed by atoms with Crippen LogP contribution in [0.3, 0.4) is 0 Å². The van der Waals surface area contributed by atoms with Gasteiger partial charge in [-0.3, -0.25) is 5.10 Å². The molecule has 0 aliphatic rings. The molecule has 0 radical (unpaired) electrons. The van der Waals surface area contributed by atoms with E-state index in [1.54, 1.807) is 18.2 Å². The Morgan fingerprint density at radius 3 is 2.75 bits per heavy atom. The Hall–Kier alpha value is -2.56. The van der Waals surface area contributed by atoms with Gasteiger partial charge in [-0.25, -0.2) is 4.39 Å². The Balaban J connectivity index is 2.17. The van der Waals surface area contributed by atoms with E-state index in [0.717, 1.165) is 12.2 Å². The fraction of sp³-hybridized carbons (Fsp3) is 0.133. The van der Waals surface area contributed by atoms with Crippen LogP contribution < -0.4 is 5.73 Å². The van der Waals surface area contributed by atoms with Gasteiger partial charge in [0.25, 0.3) is 0 Å². The minimum absolute atomic E-state index is 0.250. The van der Waals surface area contributed by atoms with Crippen molar-refractivity contribution in [2.24, 2.45) is 0 Å². The van der Waals surface area contributed by atoms with E-state index in [1.807, 2.05) is 19.1 Å². The zero-order valence-corrected chi connectivity index (χ0v) is 11.0. The second-order valence-electron chi connectivity index (χ2n) is 4.46. The number of hydrogen-bond donors (Lipinski definition) is 2. The smallest absolute Gasteiger partial charge is 0.153 e. The molecular weight excluding hydrogens is 257 g/mol. The highest BCUT2D eigenvalue weighted by Crippen LogP contribution is 2.36. The van der Waals surface area contributed by atoms with E-state index < -0.39 is 0 Å². The van der Waals surface area contributed by atoms with Crippen molar-refractivity contribution >= 4 is 5.82 Å². The number of halogens is 1. The molecule has 0 spiro atoms. The molecule has 0 amide bonds. The summed E-state index contributed by atoms with van der Waals surface area (Å²) in [4.78, 5) is 0. The van der Waals surface area contributed by atoms with E-state index in [0.29, 0.717) is 22.6 Å². The summed E-state index contributed by atoms with van der Waals surface area (Å²) < 4.78 is 19.7. The Labute approximate surface area is 115 Å². The number of anilines is 1. The summed E-state index contributed by atoms with van der Waals surface area (Å²) in [6.07, 6.45) is 0.790. The van der Waals surface area contributed by atoms with E-state index in [9.17, 15) is 4.39 Å². The molecule has 5 heteroatoms. The van der Waals surface area contributed by atoms with Crippen molar-refractivity contribution in [3.8, 4) is 22.6 Å². The van der Waals surface area contributed by atoms with Gasteiger partial charge in [-0.05, 0) is 18.2 Å². The highest BCUT2D eigenvalue weighted by Gasteiger charge is 2.19. The third-order valence-corrected chi connectivity index (χ3v) is 3.19. The molecule has 0 unspecified atom stereocenters. The Morgan fingerprint density at radius 2 is 2.05 bits per heavy atom. The van der Waals surface area contributed by atoms with Crippen LogP contribution in [0.1, 0.15) is 12.7 Å². The third-order valence-electron chi connectivity index (χ3n) is 3.19. The van der Waals surface area contributed by atoms with Gasteiger partial charge in [0.1, 0.15) is 17.3 Å². The normalized spacial score (nSPS) is 10.9. The number of aryl methyl sites for hydroxylation is 1. The van der Waals surface area contributed by atoms with Gasteiger partial charge >= 0.3 is 0 Å². The molecule has 0 saturated heterocycles. The number of nitrogen functional groups attached to an aromatic ring is 1. The van der Waals surface area contributed by atoms with Crippen LogP contribution >= 0.6 is 0 Å². The summed E-state index contributed by atoms with van der Waals surface area (Å²) in [6.45, 7) is 2.00. The number of nitrogens with two attached hydrogens (primary N) is 1. The summed E-state index contributed by atoms with van der Waals surface area (Å²) >= 11 is 0. The summed E-state index contributed by atoms with van der Waals surface area (Å²) in [6, 6.07) is 10.2. The SMILES string of the molecule is CCc1ccc(-c2[nH]nc(N)c2-c2ccccc2F)o1. The van der Waals surface area contributed by atoms with Gasteiger partial charge in [0.2, 0.25) is 0 Å². The number of furan rings is 1. The molecule has 4 nitrogen and oxygen atoms in total. The quantitative estimate of drug-likeness (QED) is 0.764. The lowest BCUT2D eigenvalue weighted by molar-refractivity contribution is 0.527. The van der Waals surface area contributed by atoms with Crippen LogP contribution in [-0.4, -0.2) is 10.2 Å². The summed E-state index contributed by atoms with van der Waals surface area (Å²) in [5.41, 5.74) is 7.39. The average Bonchev–Trinajstić information content (AvgIpc) is 3.06. The minimum Gasteiger partial charge on any atom is -0.459 e. The van der Waals surface area contributed by atoms with Crippen molar-refractivity contribution in [2.75, 3.05) is 5.73 Å². The van der Waals surface area contributed by atoms with Crippen molar-refractivity contribution in [2.45, 2.75) is 13.3 Å². The molecule has 0 atom stereocenters. The zero-order chi connectivity index (χ0) is 14.1. The van der Waals surface area contributed by atoms with Gasteiger partial charge in [-0.1, -0.05) is 25.1 Å². The predicted octanol–water partition coefficient (Wildman–Crippen LogP) is 3.62. The van der Waals surface area contributed by atoms with Gasteiger partial charge in [-0.2, -0.15) is 5.10 Å². The molecular formula is C15H14FN3O. The Bertz CT molecular complexity index is 745. The van der Waals surface area contributed by atoms with Crippen LogP contribution in [0, 0.1) is 5.82 Å². The van der Waals surface area contributed by atoms with Crippen LogP contribution in [0.15, 0.2) is 40.8 Å². The largest absolute Gasteiger partial charge is 0.459 e. The van der Waals surface area contributed by atoms with Gasteiger partial charge < -0.3 is 10.2 Å². The lowest BCUT2D eigenvalue weighted by atomic mass is 10.0. The van der Waals surface area contributed by atoms with Crippen molar-refractivity contribution in [1.29, 1.82) is 0 Å². The molecule has 3 aromatic rings. The number of H-pyrrole nitrogens is 1. The maximum atomic E-state index is 14.0. The topological polar surface area (TPSA) is 67.8 Å². The highest BCUT2D eigenvalue weighted by molar-refractivity contribution is 5.86. The van der Waals surface area contributed by atoms with E-state index in [-0.39, 0.29) is 11.6 Å². The number of aromatic nitrogens is 2. The first-order valence-corrected chi connectivity index (χ1v) is 6.38. The Morgan fingerprint density at radius 1 is 1.25 bits per heavy atom. The van der Waals surface area contributed by atoms with Crippen LogP contribution in [0.4, 0.5) is 10.2 Å². The molecule has 102 valence electrons. The fourth-order valence-corrected chi connectivity index (χ4v) is 2.17. The first-order valence-electron chi connectivity index (χ1n) is 6.38. The van der Waals surface area contributed by atoms with Crippen molar-refractivity contribution in [3.05, 3.63) is 48.0 Å². The second kappa shape index (κ2) is 4.85. The number of rotatable bonds is 3. The maximum absolute atomic E-state index is 14.0. The lowest BCUT2D eigenvalue weighted by Crippen LogP contribution is -1.91. The van der Waals surface area contributed by atoms with Crippen LogP contribution in [0.2, 0.25) is 0 Å². The average molecular weight is 271 g/mol. The summed E-state index contributed by atoms with van der Waals surface area (Å²) in [5.74, 6) is 1.36. The molecule has 20 heavy (non-hydrogen) atoms. The van der Waals surface area contributed by atoms with E-state index in [2.05, 4.69) is 10.2 Å². The molecule has 2 aromatic heterocycles. The van der Waals surface area contributed by atoms with Crippen molar-refractivity contribution in [1.82, 2.24) is 10.2 Å². The standard InChI is InChI=1S/C15H14FN3O/c1-2-9-7-8-12(20-9)14-13(15(17)19-18-14)10-5-3-4-6-11(10)16/h3-8H,2H2,1H3,(H3,17,18,19). The van der Waals surface area contributed by atoms with Crippen LogP contribution in [0.25, 0.3) is 22.6 Å². The number of hydrogen-bond acceptors (Lipinski definition) is 3. The minimum atomic E-state index is -0.343. The summed E-state index contributed by atoms with van der Waals surface area (Å²) in [5, 5.41) is 6.79. The van der Waals surface area contributed by atoms with Gasteiger partial charge in [0.05, 0.1) is 5.56 Å². The molecule has 3 N–H and O–H groups in total. The summed E-state index contributed by atoms with van der Waals surface area (Å²) in [7, 11) is 0. The van der Waals surface area contributed by atoms with E-state index >= 15 is 0 Å². The number of nitrogens with one attached hydrogen (secondary N) is 1. The second-order valence-corrected chi connectivity index (χ2v) is 4.46. The fourth-order valence-electron chi connectivity index (χ4n) is 2.17. The van der Waals surface area contributed by atoms with Gasteiger partial charge in [0.15, 0.2) is 11.6 Å². The molecule has 1 aromatic carbocycles. The van der Waals surface area contributed by atoms with Gasteiger partial charge in [-0.15, -0.1) is 0 Å². The Kier molecular flexibility index (Phi) is 3.02. The molecule has 0 bridgehead atoms. The van der Waals surface area contributed by atoms with Crippen molar-refractivity contribution < 1.29 is 8.81 Å². The zero-order valence-electron chi connectivity index (χ0n) is 11.0. The maximum Gasteiger partial charge on any atom is 0.153 e. The number of benzene rings is 1. The first-order chi connectivity index (χ1) is 9.70. The third kappa shape index (κ3) is 1.97. The number of aromatic amines is 1. The van der Waals surface area contributed by atoms with Crippen LogP contribution in [0.5, 0.6) is 0 Å². The monoisotopic (exact) mass is 271 g/mol. The molecule has 0 fully saturated rings. The van der Waals surface area contributed by atoms with E-state index in [4.69, 9.17) is 10.2 Å². The molecule has 0 aliphatic heterocycles. The number of nitrogens with zero attached hydrogens (tertiary/aromatic N) is 1. The molecule has 2 heterocycles. The lowest BCUT2D eigenvalue weighted by Gasteiger charge is -2.04. The molecule has 0 saturated carbocycles. The van der Waals surface area contributed by atoms with E-state index in [1.165, 1.54) is 6.07 Å². The first kappa shape index (κ1) is 12.5. The highest BCUT2D eigenvalue weighted by atomic mass is 19.1. The molecule has 0 aliphatic carbocycles. The molecule has 3 rings (SSSR count). The predicted molar refractivity (Wildman–Crippen MR) is 75.5 cm³/mol.